The molecule has 1 aromatic heterocycles. The summed E-state index contributed by atoms with van der Waals surface area (Å²) in [7, 11) is 0. The standard InChI is InChI=1S/C41H73N3O6/c1-3-5-7-9-11-13-15-17-19-21-23-25-27-29-39(45)48-34-36-35(33-38(49-36)44-32-31-37(42)43-41(44)47)50-40(46)30-28-26-24-22-20-18-16-14-12-10-8-6-4-2/h31-32,35-36,38H,3-30,33-34H2,1-2H3,(H2,42,43,47)/t35-,36+,38+/m0/s1. The summed E-state index contributed by atoms with van der Waals surface area (Å²) >= 11 is 0. The maximum atomic E-state index is 12.8. The number of nitrogen functional groups attached to an aromatic ring is 1. The Balaban J connectivity index is 1.64. The Morgan fingerprint density at radius 1 is 0.700 bits per heavy atom. The molecule has 2 N–H and O–H groups in total. The van der Waals surface area contributed by atoms with Gasteiger partial charge < -0.3 is 19.9 Å². The molecule has 0 spiro atoms. The third-order valence-corrected chi connectivity index (χ3v) is 10.0. The van der Waals surface area contributed by atoms with Gasteiger partial charge in [0.15, 0.2) is 0 Å². The quantitative estimate of drug-likeness (QED) is 0.0581. The highest BCUT2D eigenvalue weighted by Crippen LogP contribution is 2.31. The van der Waals surface area contributed by atoms with Gasteiger partial charge in [0.2, 0.25) is 0 Å². The Kier molecular flexibility index (Phi) is 25.5. The fourth-order valence-electron chi connectivity index (χ4n) is 6.84. The second-order valence-corrected chi connectivity index (χ2v) is 14.6. The zero-order valence-corrected chi connectivity index (χ0v) is 32.0. The molecule has 0 radical (unpaired) electrons. The Bertz CT molecular complexity index is 1060. The molecule has 9 nitrogen and oxygen atoms in total. The minimum Gasteiger partial charge on any atom is -0.463 e. The molecular weight excluding hydrogens is 630 g/mol. The van der Waals surface area contributed by atoms with Crippen LogP contribution in [-0.2, 0) is 23.8 Å². The number of aromatic nitrogens is 2. The normalized spacial score (nSPS) is 17.3. The molecule has 3 atom stereocenters. The first kappa shape index (κ1) is 43.7. The SMILES string of the molecule is CCCCCCCCCCCCCCCC(=O)OC[C@H]1O[C@@H](n2ccc(N)nc2=O)C[C@@H]1OC(=O)CCCCCCCCCCCCCCC. The van der Waals surface area contributed by atoms with Gasteiger partial charge in [-0.1, -0.05) is 168 Å². The largest absolute Gasteiger partial charge is 0.463 e. The van der Waals surface area contributed by atoms with Crippen molar-refractivity contribution in [3.05, 3.63) is 22.7 Å². The maximum Gasteiger partial charge on any atom is 0.351 e. The predicted octanol–water partition coefficient (Wildman–Crippen LogP) is 10.5. The molecule has 0 aliphatic carbocycles. The number of carbonyl (C=O) groups is 2. The molecule has 2 rings (SSSR count). The molecule has 50 heavy (non-hydrogen) atoms. The van der Waals surface area contributed by atoms with Crippen molar-refractivity contribution in [2.24, 2.45) is 0 Å². The molecule has 0 aromatic carbocycles. The topological polar surface area (TPSA) is 123 Å². The van der Waals surface area contributed by atoms with E-state index in [0.29, 0.717) is 12.8 Å². The van der Waals surface area contributed by atoms with Gasteiger partial charge in [0, 0.05) is 25.5 Å². The van der Waals surface area contributed by atoms with E-state index in [4.69, 9.17) is 19.9 Å². The van der Waals surface area contributed by atoms with Crippen molar-refractivity contribution < 1.29 is 23.8 Å². The first-order valence-electron chi connectivity index (χ1n) is 20.8. The first-order chi connectivity index (χ1) is 24.4. The van der Waals surface area contributed by atoms with Crippen LogP contribution in [0.1, 0.15) is 206 Å². The van der Waals surface area contributed by atoms with E-state index in [1.165, 1.54) is 145 Å². The summed E-state index contributed by atoms with van der Waals surface area (Å²) in [6.45, 7) is 4.49. The number of hydrogen-bond acceptors (Lipinski definition) is 8. The lowest BCUT2D eigenvalue weighted by atomic mass is 10.0. The zero-order chi connectivity index (χ0) is 36.1. The van der Waals surface area contributed by atoms with Gasteiger partial charge in [-0.3, -0.25) is 14.2 Å². The summed E-state index contributed by atoms with van der Waals surface area (Å²) < 4.78 is 18.9. The highest BCUT2D eigenvalue weighted by molar-refractivity contribution is 5.70. The summed E-state index contributed by atoms with van der Waals surface area (Å²) in [4.78, 5) is 41.6. The van der Waals surface area contributed by atoms with Crippen LogP contribution in [0.4, 0.5) is 5.82 Å². The van der Waals surface area contributed by atoms with Crippen molar-refractivity contribution >= 4 is 17.8 Å². The molecule has 2 heterocycles. The number of nitrogens with zero attached hydrogens (tertiary/aromatic N) is 2. The van der Waals surface area contributed by atoms with Crippen molar-refractivity contribution in [2.45, 2.75) is 218 Å². The third-order valence-electron chi connectivity index (χ3n) is 10.0. The van der Waals surface area contributed by atoms with Crippen LogP contribution in [0.15, 0.2) is 17.1 Å². The Hall–Kier alpha value is -2.42. The van der Waals surface area contributed by atoms with Gasteiger partial charge in [0.05, 0.1) is 0 Å². The molecule has 0 bridgehead atoms. The molecule has 0 unspecified atom stereocenters. The maximum absolute atomic E-state index is 12.8. The third kappa shape index (κ3) is 21.1. The van der Waals surface area contributed by atoms with Crippen LogP contribution in [0.3, 0.4) is 0 Å². The van der Waals surface area contributed by atoms with E-state index in [1.54, 1.807) is 0 Å². The highest BCUT2D eigenvalue weighted by atomic mass is 16.6. The fraction of sp³-hybridized carbons (Fsp3) is 0.854. The van der Waals surface area contributed by atoms with Crippen molar-refractivity contribution in [3.63, 3.8) is 0 Å². The molecule has 1 aliphatic heterocycles. The van der Waals surface area contributed by atoms with E-state index in [-0.39, 0.29) is 30.8 Å². The number of rotatable bonds is 32. The van der Waals surface area contributed by atoms with Gasteiger partial charge in [0.25, 0.3) is 0 Å². The van der Waals surface area contributed by atoms with E-state index in [0.717, 1.165) is 38.5 Å². The zero-order valence-electron chi connectivity index (χ0n) is 32.0. The molecule has 1 aliphatic rings. The lowest BCUT2D eigenvalue weighted by Crippen LogP contribution is -2.32. The monoisotopic (exact) mass is 704 g/mol. The Morgan fingerprint density at radius 2 is 1.12 bits per heavy atom. The van der Waals surface area contributed by atoms with Crippen LogP contribution in [0.25, 0.3) is 0 Å². The first-order valence-corrected chi connectivity index (χ1v) is 20.8. The van der Waals surface area contributed by atoms with Crippen LogP contribution in [0, 0.1) is 0 Å². The molecule has 1 saturated heterocycles. The fourth-order valence-corrected chi connectivity index (χ4v) is 6.84. The number of esters is 2. The summed E-state index contributed by atoms with van der Waals surface area (Å²) in [5, 5.41) is 0. The van der Waals surface area contributed by atoms with E-state index in [1.807, 2.05) is 0 Å². The molecule has 0 amide bonds. The summed E-state index contributed by atoms with van der Waals surface area (Å²) in [6.07, 6.45) is 32.9. The van der Waals surface area contributed by atoms with Crippen LogP contribution in [0.2, 0.25) is 0 Å². The minimum atomic E-state index is -0.686. The van der Waals surface area contributed by atoms with Crippen molar-refractivity contribution in [1.29, 1.82) is 0 Å². The average molecular weight is 704 g/mol. The molecule has 1 aromatic rings. The molecule has 0 saturated carbocycles. The molecule has 1 fully saturated rings. The summed E-state index contributed by atoms with van der Waals surface area (Å²) in [5.41, 5.74) is 5.13. The molecule has 288 valence electrons. The van der Waals surface area contributed by atoms with Crippen molar-refractivity contribution in [1.82, 2.24) is 9.55 Å². The smallest absolute Gasteiger partial charge is 0.351 e. The van der Waals surface area contributed by atoms with Gasteiger partial charge >= 0.3 is 17.6 Å². The minimum absolute atomic E-state index is 0.0262. The van der Waals surface area contributed by atoms with Crippen molar-refractivity contribution in [3.8, 4) is 0 Å². The van der Waals surface area contributed by atoms with E-state index in [9.17, 15) is 14.4 Å². The number of hydrogen-bond donors (Lipinski definition) is 1. The summed E-state index contributed by atoms with van der Waals surface area (Å²) in [6, 6.07) is 1.53. The summed E-state index contributed by atoms with van der Waals surface area (Å²) in [5.74, 6) is -0.430. The number of unbranched alkanes of at least 4 members (excludes halogenated alkanes) is 24. The van der Waals surface area contributed by atoms with Crippen LogP contribution in [0.5, 0.6) is 0 Å². The van der Waals surface area contributed by atoms with Gasteiger partial charge in [-0.15, -0.1) is 0 Å². The van der Waals surface area contributed by atoms with Crippen LogP contribution >= 0.6 is 0 Å². The van der Waals surface area contributed by atoms with E-state index in [2.05, 4.69) is 18.8 Å². The highest BCUT2D eigenvalue weighted by Gasteiger charge is 2.40. The van der Waals surface area contributed by atoms with Gasteiger partial charge in [-0.2, -0.15) is 4.98 Å². The van der Waals surface area contributed by atoms with Gasteiger partial charge in [0.1, 0.15) is 30.9 Å². The van der Waals surface area contributed by atoms with Crippen LogP contribution < -0.4 is 11.4 Å². The predicted molar refractivity (Wildman–Crippen MR) is 203 cm³/mol. The van der Waals surface area contributed by atoms with Gasteiger partial charge in [-0.05, 0) is 18.9 Å². The Labute approximate surface area is 304 Å². The Morgan fingerprint density at radius 3 is 1.56 bits per heavy atom. The second kappa shape index (κ2) is 29.2. The number of nitrogens with two attached hydrogens (primary N) is 1. The number of anilines is 1. The molecule has 9 heteroatoms. The average Bonchev–Trinajstić information content (AvgIpc) is 3.49. The van der Waals surface area contributed by atoms with Crippen LogP contribution in [-0.4, -0.2) is 40.3 Å². The van der Waals surface area contributed by atoms with Crippen molar-refractivity contribution in [2.75, 3.05) is 12.3 Å². The lowest BCUT2D eigenvalue weighted by molar-refractivity contribution is -0.158. The van der Waals surface area contributed by atoms with E-state index >= 15 is 0 Å². The lowest BCUT2D eigenvalue weighted by Gasteiger charge is -2.19. The second-order valence-electron chi connectivity index (χ2n) is 14.6. The van der Waals surface area contributed by atoms with E-state index < -0.39 is 24.1 Å². The van der Waals surface area contributed by atoms with Gasteiger partial charge in [-0.25, -0.2) is 4.79 Å². The number of ether oxygens (including phenoxy) is 3. The molecular formula is C41H73N3O6. The number of carbonyl (C=O) groups excluding carboxylic acids is 2.